The van der Waals surface area contributed by atoms with Crippen molar-refractivity contribution in [2.45, 2.75) is 39.5 Å². The van der Waals surface area contributed by atoms with Crippen molar-refractivity contribution in [1.29, 1.82) is 0 Å². The van der Waals surface area contributed by atoms with Crippen LogP contribution in [0.15, 0.2) is 61.0 Å². The van der Waals surface area contributed by atoms with E-state index < -0.39 is 0 Å². The molecule has 1 heteroatoms. The number of aryl methyl sites for hydroxylation is 1. The number of nitrogens with one attached hydrogen (secondary N) is 1. The standard InChI is InChI=1S/C18H25N/c1-6-7-15(3)12-16(4)19-17(5)13-18-10-8-14(2)9-11-18/h8-11,19H,3-7,12-13H2,1-2H3. The molecular weight excluding hydrogens is 230 g/mol. The van der Waals surface area contributed by atoms with Crippen LogP contribution >= 0.6 is 0 Å². The maximum atomic E-state index is 4.06. The zero-order chi connectivity index (χ0) is 14.3. The Morgan fingerprint density at radius 1 is 1.05 bits per heavy atom. The van der Waals surface area contributed by atoms with Crippen LogP contribution in [0.4, 0.5) is 0 Å². The molecule has 0 aliphatic rings. The predicted molar refractivity (Wildman–Crippen MR) is 85.0 cm³/mol. The van der Waals surface area contributed by atoms with Crippen molar-refractivity contribution in [1.82, 2.24) is 5.32 Å². The summed E-state index contributed by atoms with van der Waals surface area (Å²) in [7, 11) is 0. The highest BCUT2D eigenvalue weighted by Gasteiger charge is 2.01. The molecule has 1 N–H and O–H groups in total. The Kier molecular flexibility index (Phi) is 6.14. The van der Waals surface area contributed by atoms with Crippen molar-refractivity contribution >= 4 is 0 Å². The highest BCUT2D eigenvalue weighted by Crippen LogP contribution is 2.13. The molecule has 0 radical (unpaired) electrons. The quantitative estimate of drug-likeness (QED) is 0.651. The van der Waals surface area contributed by atoms with Gasteiger partial charge < -0.3 is 5.32 Å². The molecule has 0 amide bonds. The van der Waals surface area contributed by atoms with E-state index in [2.05, 4.69) is 63.2 Å². The van der Waals surface area contributed by atoms with E-state index in [1.165, 1.54) is 16.7 Å². The van der Waals surface area contributed by atoms with E-state index >= 15 is 0 Å². The van der Waals surface area contributed by atoms with Crippen LogP contribution in [0, 0.1) is 6.92 Å². The lowest BCUT2D eigenvalue weighted by Gasteiger charge is -2.13. The predicted octanol–water partition coefficient (Wildman–Crippen LogP) is 4.90. The van der Waals surface area contributed by atoms with Gasteiger partial charge in [0.25, 0.3) is 0 Å². The summed E-state index contributed by atoms with van der Waals surface area (Å²) >= 11 is 0. The zero-order valence-corrected chi connectivity index (χ0v) is 12.3. The van der Waals surface area contributed by atoms with Crippen LogP contribution in [0.1, 0.15) is 37.3 Å². The van der Waals surface area contributed by atoms with E-state index in [1.807, 2.05) is 0 Å². The number of allylic oxidation sites excluding steroid dienone is 2. The summed E-state index contributed by atoms with van der Waals surface area (Å²) in [5.74, 6) is 0. The molecule has 102 valence electrons. The number of hydrogen-bond donors (Lipinski definition) is 1. The molecule has 19 heavy (non-hydrogen) atoms. The van der Waals surface area contributed by atoms with Gasteiger partial charge in [0.15, 0.2) is 0 Å². The minimum absolute atomic E-state index is 0.833. The van der Waals surface area contributed by atoms with Crippen LogP contribution in [0.2, 0.25) is 0 Å². The fourth-order valence-electron chi connectivity index (χ4n) is 2.03. The highest BCUT2D eigenvalue weighted by molar-refractivity contribution is 5.25. The number of benzene rings is 1. The van der Waals surface area contributed by atoms with Crippen molar-refractivity contribution in [3.05, 3.63) is 72.1 Å². The minimum atomic E-state index is 0.833. The molecule has 1 nitrogen and oxygen atoms in total. The van der Waals surface area contributed by atoms with E-state index in [9.17, 15) is 0 Å². The van der Waals surface area contributed by atoms with Crippen molar-refractivity contribution in [2.75, 3.05) is 0 Å². The Hall–Kier alpha value is -1.76. The van der Waals surface area contributed by atoms with Crippen molar-refractivity contribution in [2.24, 2.45) is 0 Å². The van der Waals surface area contributed by atoms with E-state index in [0.29, 0.717) is 0 Å². The summed E-state index contributed by atoms with van der Waals surface area (Å²) in [5.41, 5.74) is 5.74. The average molecular weight is 255 g/mol. The van der Waals surface area contributed by atoms with Crippen molar-refractivity contribution < 1.29 is 0 Å². The van der Waals surface area contributed by atoms with E-state index in [-0.39, 0.29) is 0 Å². The topological polar surface area (TPSA) is 12.0 Å². The first-order valence-corrected chi connectivity index (χ1v) is 6.86. The molecule has 0 atom stereocenters. The van der Waals surface area contributed by atoms with E-state index in [4.69, 9.17) is 0 Å². The van der Waals surface area contributed by atoms with Gasteiger partial charge in [0.2, 0.25) is 0 Å². The Labute approximate surface area is 117 Å². The van der Waals surface area contributed by atoms with Gasteiger partial charge in [-0.15, -0.1) is 0 Å². The van der Waals surface area contributed by atoms with Gasteiger partial charge in [-0.3, -0.25) is 0 Å². The summed E-state index contributed by atoms with van der Waals surface area (Å²) < 4.78 is 0. The molecule has 1 aromatic carbocycles. The average Bonchev–Trinajstić information content (AvgIpc) is 2.32. The van der Waals surface area contributed by atoms with Gasteiger partial charge in [-0.05, 0) is 18.9 Å². The Bertz CT molecular complexity index is 451. The first kappa shape index (κ1) is 15.3. The molecule has 1 aromatic rings. The van der Waals surface area contributed by atoms with Crippen LogP contribution in [0.25, 0.3) is 0 Å². The third kappa shape index (κ3) is 6.10. The summed E-state index contributed by atoms with van der Waals surface area (Å²) in [6.07, 6.45) is 3.86. The molecule has 0 fully saturated rings. The number of hydrogen-bond acceptors (Lipinski definition) is 1. The first-order chi connectivity index (χ1) is 9.01. The largest absolute Gasteiger partial charge is 0.363 e. The van der Waals surface area contributed by atoms with E-state index in [0.717, 1.165) is 37.1 Å². The zero-order valence-electron chi connectivity index (χ0n) is 12.3. The monoisotopic (exact) mass is 255 g/mol. The molecule has 0 unspecified atom stereocenters. The molecule has 0 aromatic heterocycles. The molecule has 0 saturated heterocycles. The molecule has 0 heterocycles. The molecule has 0 aliphatic carbocycles. The second kappa shape index (κ2) is 7.63. The fraction of sp³-hybridized carbons (Fsp3) is 0.333. The van der Waals surface area contributed by atoms with Gasteiger partial charge in [0.05, 0.1) is 0 Å². The van der Waals surface area contributed by atoms with Crippen molar-refractivity contribution in [3.63, 3.8) is 0 Å². The molecular formula is C18H25N. The summed E-state index contributed by atoms with van der Waals surface area (Å²) in [4.78, 5) is 0. The van der Waals surface area contributed by atoms with Gasteiger partial charge >= 0.3 is 0 Å². The van der Waals surface area contributed by atoms with Gasteiger partial charge in [0, 0.05) is 24.2 Å². The highest BCUT2D eigenvalue weighted by atomic mass is 14.9. The third-order valence-corrected chi connectivity index (χ3v) is 2.96. The van der Waals surface area contributed by atoms with Crippen LogP contribution in [0.3, 0.4) is 0 Å². The summed E-state index contributed by atoms with van der Waals surface area (Å²) in [6, 6.07) is 8.53. The van der Waals surface area contributed by atoms with Crippen LogP contribution in [0.5, 0.6) is 0 Å². The second-order valence-electron chi connectivity index (χ2n) is 5.17. The maximum Gasteiger partial charge on any atom is 0.0120 e. The number of rotatable bonds is 8. The minimum Gasteiger partial charge on any atom is -0.363 e. The first-order valence-electron chi connectivity index (χ1n) is 6.86. The Morgan fingerprint density at radius 2 is 1.68 bits per heavy atom. The Morgan fingerprint density at radius 3 is 2.26 bits per heavy atom. The smallest absolute Gasteiger partial charge is 0.0120 e. The SMILES string of the molecule is C=C(CCC)CC(=C)NC(=C)Cc1ccc(C)cc1. The van der Waals surface area contributed by atoms with Gasteiger partial charge in [0.1, 0.15) is 0 Å². The fourth-order valence-corrected chi connectivity index (χ4v) is 2.03. The molecule has 0 saturated carbocycles. The lowest BCUT2D eigenvalue weighted by atomic mass is 10.1. The van der Waals surface area contributed by atoms with Crippen LogP contribution in [-0.2, 0) is 6.42 Å². The van der Waals surface area contributed by atoms with Gasteiger partial charge in [-0.1, -0.05) is 68.5 Å². The van der Waals surface area contributed by atoms with Gasteiger partial charge in [-0.25, -0.2) is 0 Å². The molecule has 1 rings (SSSR count). The normalized spacial score (nSPS) is 10.0. The summed E-state index contributed by atoms with van der Waals surface area (Å²) in [5, 5.41) is 3.28. The maximum absolute atomic E-state index is 4.06. The van der Waals surface area contributed by atoms with Crippen LogP contribution < -0.4 is 5.32 Å². The third-order valence-electron chi connectivity index (χ3n) is 2.96. The van der Waals surface area contributed by atoms with E-state index in [1.54, 1.807) is 0 Å². The Balaban J connectivity index is 2.40. The van der Waals surface area contributed by atoms with Crippen molar-refractivity contribution in [3.8, 4) is 0 Å². The summed E-state index contributed by atoms with van der Waals surface area (Å²) in [6.45, 7) is 16.4. The van der Waals surface area contributed by atoms with Crippen LogP contribution in [-0.4, -0.2) is 0 Å². The van der Waals surface area contributed by atoms with Gasteiger partial charge in [-0.2, -0.15) is 0 Å². The molecule has 0 aliphatic heterocycles. The second-order valence-corrected chi connectivity index (χ2v) is 5.17. The lowest BCUT2D eigenvalue weighted by Crippen LogP contribution is -2.13. The molecule has 0 bridgehead atoms. The lowest BCUT2D eigenvalue weighted by molar-refractivity contribution is 0.821. The molecule has 0 spiro atoms.